The Bertz CT molecular complexity index is 1740. The third-order valence-corrected chi connectivity index (χ3v) is 9.33. The van der Waals surface area contributed by atoms with E-state index >= 15 is 0 Å². The van der Waals surface area contributed by atoms with Crippen LogP contribution in [0, 0.1) is 27.7 Å². The van der Waals surface area contributed by atoms with Gasteiger partial charge in [0, 0.05) is 42.9 Å². The second kappa shape index (κ2) is 18.6. The lowest BCUT2D eigenvalue weighted by Crippen LogP contribution is -2.14. The van der Waals surface area contributed by atoms with Crippen molar-refractivity contribution in [2.75, 3.05) is 19.3 Å². The van der Waals surface area contributed by atoms with Crippen LogP contribution in [0.1, 0.15) is 89.4 Å². The Balaban J connectivity index is 0.000000271. The molecule has 0 aliphatic rings. The second-order valence-corrected chi connectivity index (χ2v) is 14.7. The molecule has 2 aromatic heterocycles. The number of thiazole rings is 2. The van der Waals surface area contributed by atoms with Gasteiger partial charge in [0.05, 0.1) is 58.5 Å². The van der Waals surface area contributed by atoms with Crippen molar-refractivity contribution in [3.63, 3.8) is 0 Å². The number of aromatic nitrogens is 2. The van der Waals surface area contributed by atoms with E-state index in [9.17, 15) is 9.59 Å². The van der Waals surface area contributed by atoms with Crippen molar-refractivity contribution in [2.45, 2.75) is 100 Å². The summed E-state index contributed by atoms with van der Waals surface area (Å²) in [7, 11) is 2.01. The first-order valence-corrected chi connectivity index (χ1v) is 18.3. The summed E-state index contributed by atoms with van der Waals surface area (Å²) >= 11 is 3.16. The minimum atomic E-state index is -0.230. The molecule has 0 aliphatic heterocycles. The predicted octanol–water partition coefficient (Wildman–Crippen LogP) is 7.88. The van der Waals surface area contributed by atoms with Gasteiger partial charge in [0.15, 0.2) is 0 Å². The summed E-state index contributed by atoms with van der Waals surface area (Å²) in [5, 5.41) is 5.88. The molecule has 0 saturated heterocycles. The van der Waals surface area contributed by atoms with Gasteiger partial charge < -0.3 is 20.1 Å². The molecule has 0 saturated carbocycles. The third-order valence-electron chi connectivity index (χ3n) is 7.54. The number of nitrogens with two attached hydrogens (primary N) is 1. The lowest BCUT2D eigenvalue weighted by Gasteiger charge is -2.11. The van der Waals surface area contributed by atoms with Crippen molar-refractivity contribution in [2.24, 2.45) is 4.99 Å². The Morgan fingerprint density at radius 1 is 0.796 bits per heavy atom. The lowest BCUT2D eigenvalue weighted by atomic mass is 10.0. The number of carbonyl (C=O) groups excluding carboxylic acids is 2. The topological polar surface area (TPSA) is 120 Å². The van der Waals surface area contributed by atoms with Crippen molar-refractivity contribution >= 4 is 52.3 Å². The van der Waals surface area contributed by atoms with Crippen LogP contribution >= 0.6 is 22.7 Å². The molecule has 0 atom stereocenters. The highest BCUT2D eigenvalue weighted by Crippen LogP contribution is 2.26. The zero-order valence-electron chi connectivity index (χ0n) is 30.5. The van der Waals surface area contributed by atoms with Crippen molar-refractivity contribution in [1.82, 2.24) is 14.9 Å². The van der Waals surface area contributed by atoms with Crippen LogP contribution in [0.3, 0.4) is 0 Å². The Labute approximate surface area is 299 Å². The number of hydrogen-bond donors (Lipinski definition) is 1. The fraction of sp³-hybridized carbons (Fsp3) is 0.447. The number of hydrogen-bond acceptors (Lipinski definition) is 10. The van der Waals surface area contributed by atoms with Gasteiger partial charge in [-0.05, 0) is 108 Å². The second-order valence-electron chi connectivity index (χ2n) is 12.8. The van der Waals surface area contributed by atoms with E-state index in [-0.39, 0.29) is 37.0 Å². The molecule has 0 unspecified atom stereocenters. The monoisotopic (exact) mass is 705 g/mol. The van der Waals surface area contributed by atoms with E-state index in [0.717, 1.165) is 63.3 Å². The first kappa shape index (κ1) is 39.3. The van der Waals surface area contributed by atoms with E-state index in [1.165, 1.54) is 22.3 Å². The molecular weight excluding hydrogens is 655 g/mol. The normalized spacial score (nSPS) is 11.2. The summed E-state index contributed by atoms with van der Waals surface area (Å²) < 4.78 is 10.3. The Morgan fingerprint density at radius 2 is 1.27 bits per heavy atom. The van der Waals surface area contributed by atoms with Gasteiger partial charge >= 0.3 is 11.9 Å². The summed E-state index contributed by atoms with van der Waals surface area (Å²) in [6.45, 7) is 18.7. The average molecular weight is 706 g/mol. The molecule has 2 aromatic carbocycles. The molecule has 0 spiro atoms. The molecule has 0 fully saturated rings. The summed E-state index contributed by atoms with van der Waals surface area (Å²) in [4.78, 5) is 39.2. The molecule has 0 radical (unpaired) electrons. The number of rotatable bonds is 13. The van der Waals surface area contributed by atoms with Gasteiger partial charge in [-0.15, -0.1) is 22.7 Å². The summed E-state index contributed by atoms with van der Waals surface area (Å²) in [6, 6.07) is 8.42. The molecule has 9 nitrogen and oxygen atoms in total. The van der Waals surface area contributed by atoms with Crippen molar-refractivity contribution in [3.05, 3.63) is 89.8 Å². The molecule has 264 valence electrons. The minimum Gasteiger partial charge on any atom is -0.463 e. The third kappa shape index (κ3) is 13.0. The van der Waals surface area contributed by atoms with Crippen LogP contribution in [-0.4, -0.2) is 58.9 Å². The molecule has 49 heavy (non-hydrogen) atoms. The first-order valence-electron chi connectivity index (χ1n) is 16.6. The molecule has 11 heteroatoms. The van der Waals surface area contributed by atoms with E-state index in [1.54, 1.807) is 22.7 Å². The maximum atomic E-state index is 11.8. The van der Waals surface area contributed by atoms with E-state index < -0.39 is 0 Å². The van der Waals surface area contributed by atoms with E-state index in [2.05, 4.69) is 60.9 Å². The van der Waals surface area contributed by atoms with Crippen molar-refractivity contribution < 1.29 is 19.1 Å². The highest BCUT2D eigenvalue weighted by Gasteiger charge is 2.14. The number of ether oxygens (including phenoxy) is 2. The van der Waals surface area contributed by atoms with Crippen LogP contribution in [0.4, 0.5) is 11.4 Å². The number of aliphatic imine (C=N–C) groups is 1. The highest BCUT2D eigenvalue weighted by atomic mass is 32.1. The predicted molar refractivity (Wildman–Crippen MR) is 202 cm³/mol. The molecule has 0 aliphatic carbocycles. The van der Waals surface area contributed by atoms with Crippen LogP contribution in [0.15, 0.2) is 40.0 Å². The van der Waals surface area contributed by atoms with Crippen LogP contribution in [0.25, 0.3) is 0 Å². The van der Waals surface area contributed by atoms with Gasteiger partial charge in [-0.1, -0.05) is 12.1 Å². The van der Waals surface area contributed by atoms with Crippen LogP contribution in [-0.2, 0) is 44.7 Å². The van der Waals surface area contributed by atoms with Gasteiger partial charge in [-0.2, -0.15) is 0 Å². The van der Waals surface area contributed by atoms with Gasteiger partial charge in [0.25, 0.3) is 0 Å². The lowest BCUT2D eigenvalue weighted by molar-refractivity contribution is -0.147. The van der Waals surface area contributed by atoms with E-state index in [0.29, 0.717) is 0 Å². The van der Waals surface area contributed by atoms with Crippen LogP contribution in [0.2, 0.25) is 0 Å². The number of benzene rings is 2. The summed E-state index contributed by atoms with van der Waals surface area (Å²) in [5.41, 5.74) is 16.3. The number of anilines is 1. The number of nitrogen functional groups attached to an aromatic ring is 1. The Hall–Kier alpha value is -4.09. The number of aryl methyl sites for hydroxylation is 4. The van der Waals surface area contributed by atoms with Crippen molar-refractivity contribution in [3.8, 4) is 0 Å². The fourth-order valence-electron chi connectivity index (χ4n) is 4.77. The molecular formula is C38H51N5O4S2. The van der Waals surface area contributed by atoms with Crippen LogP contribution < -0.4 is 5.73 Å². The van der Waals surface area contributed by atoms with E-state index in [4.69, 9.17) is 15.2 Å². The Morgan fingerprint density at radius 3 is 1.73 bits per heavy atom. The Kier molecular flexibility index (Phi) is 14.9. The number of carbonyl (C=O) groups is 2. The van der Waals surface area contributed by atoms with E-state index in [1.807, 2.05) is 69.7 Å². The summed E-state index contributed by atoms with van der Waals surface area (Å²) in [6.07, 6.45) is 3.65. The first-order chi connectivity index (χ1) is 23.1. The number of nitrogens with zero attached hydrogens (tertiary/aromatic N) is 4. The zero-order valence-corrected chi connectivity index (χ0v) is 32.2. The van der Waals surface area contributed by atoms with Gasteiger partial charge in [-0.3, -0.25) is 9.59 Å². The van der Waals surface area contributed by atoms with Gasteiger partial charge in [-0.25, -0.2) is 15.0 Å². The standard InChI is InChI=1S/C21H29N3O2S.C17H22N2O2S/c1-7-24(6)13-22-19-9-15(4)17(8-16(19)5)10-20-23-18(12-27-20)11-21(25)26-14(2)3;1-10(2)21-17(20)8-14-9-22-16(19-14)7-13-5-12(4)15(18)6-11(13)3/h8-9,12-14H,7,10-11H2,1-6H3;5-6,9-10H,7-8,18H2,1-4H3. The average Bonchev–Trinajstić information content (AvgIpc) is 3.64. The molecule has 4 rings (SSSR count). The molecule has 0 amide bonds. The largest absolute Gasteiger partial charge is 0.463 e. The highest BCUT2D eigenvalue weighted by molar-refractivity contribution is 7.10. The van der Waals surface area contributed by atoms with Gasteiger partial charge in [0.2, 0.25) is 0 Å². The molecule has 4 aromatic rings. The quantitative estimate of drug-likeness (QED) is 0.0646. The molecule has 2 N–H and O–H groups in total. The zero-order chi connectivity index (χ0) is 36.2. The minimum absolute atomic E-state index is 0.0917. The SMILES string of the molecule is CCN(C)C=Nc1cc(C)c(Cc2nc(CC(=O)OC(C)C)cs2)cc1C.Cc1cc(Cc2nc(CC(=O)OC(C)C)cs2)c(C)cc1N. The number of esters is 2. The fourth-order valence-corrected chi connectivity index (χ4v) is 6.41. The maximum Gasteiger partial charge on any atom is 0.312 e. The summed E-state index contributed by atoms with van der Waals surface area (Å²) in [5.74, 6) is -0.459. The van der Waals surface area contributed by atoms with Crippen molar-refractivity contribution in [1.29, 1.82) is 0 Å². The molecule has 0 bridgehead atoms. The van der Waals surface area contributed by atoms with Crippen LogP contribution in [0.5, 0.6) is 0 Å². The molecule has 2 heterocycles. The van der Waals surface area contributed by atoms with Gasteiger partial charge in [0.1, 0.15) is 0 Å². The smallest absolute Gasteiger partial charge is 0.312 e. The maximum absolute atomic E-state index is 11.8.